The van der Waals surface area contributed by atoms with Crippen molar-refractivity contribution in [2.45, 2.75) is 13.5 Å². The van der Waals surface area contributed by atoms with E-state index < -0.39 is 18.4 Å². The summed E-state index contributed by atoms with van der Waals surface area (Å²) in [5, 5.41) is 19.9. The van der Waals surface area contributed by atoms with E-state index in [0.717, 1.165) is 17.0 Å². The molecule has 0 unspecified atom stereocenters. The molecule has 0 amide bonds. The Labute approximate surface area is 143 Å². The third-order valence-corrected chi connectivity index (χ3v) is 3.95. The molecule has 2 aromatic carbocycles. The van der Waals surface area contributed by atoms with E-state index in [2.05, 4.69) is 0 Å². The highest BCUT2D eigenvalue weighted by Gasteiger charge is 2.19. The van der Waals surface area contributed by atoms with Crippen molar-refractivity contribution in [2.75, 3.05) is 6.61 Å². The number of nitrogens with zero attached hydrogens (tertiary/aromatic N) is 1. The minimum atomic E-state index is -0.607. The molecule has 3 aromatic rings. The predicted octanol–water partition coefficient (Wildman–Crippen LogP) is 3.11. The quantitative estimate of drug-likeness (QED) is 0.551. The van der Waals surface area contributed by atoms with Gasteiger partial charge in [0.25, 0.3) is 0 Å². The molecule has 6 heteroatoms. The molecule has 0 saturated carbocycles. The van der Waals surface area contributed by atoms with Crippen LogP contribution in [0.5, 0.6) is 11.5 Å². The lowest BCUT2D eigenvalue weighted by molar-refractivity contribution is 0.0464. The molecule has 1 aromatic heterocycles. The van der Waals surface area contributed by atoms with Crippen molar-refractivity contribution in [3.63, 3.8) is 0 Å². The average molecular weight is 339 g/mol. The van der Waals surface area contributed by atoms with Gasteiger partial charge in [-0.1, -0.05) is 18.2 Å². The summed E-state index contributed by atoms with van der Waals surface area (Å²) < 4.78 is 6.94. The summed E-state index contributed by atoms with van der Waals surface area (Å²) in [6, 6.07) is 12.9. The first-order valence-electron chi connectivity index (χ1n) is 7.82. The van der Waals surface area contributed by atoms with Gasteiger partial charge < -0.3 is 19.5 Å². The number of aryl methyl sites for hydroxylation is 1. The van der Waals surface area contributed by atoms with Gasteiger partial charge in [-0.2, -0.15) is 0 Å². The third-order valence-electron chi connectivity index (χ3n) is 3.95. The first-order chi connectivity index (χ1) is 12.0. The highest BCUT2D eigenvalue weighted by atomic mass is 16.5. The molecule has 0 aliphatic heterocycles. The maximum Gasteiger partial charge on any atom is 0.355 e. The number of aromatic nitrogens is 1. The summed E-state index contributed by atoms with van der Waals surface area (Å²) in [6.07, 6.45) is 0. The molecule has 0 bridgehead atoms. The van der Waals surface area contributed by atoms with Crippen molar-refractivity contribution in [3.8, 4) is 11.5 Å². The van der Waals surface area contributed by atoms with Gasteiger partial charge in [0, 0.05) is 23.5 Å². The summed E-state index contributed by atoms with van der Waals surface area (Å²) in [5.41, 5.74) is 1.27. The zero-order chi connectivity index (χ0) is 18.0. The van der Waals surface area contributed by atoms with E-state index in [1.165, 1.54) is 12.1 Å². The van der Waals surface area contributed by atoms with Gasteiger partial charge in [-0.15, -0.1) is 0 Å². The number of ketones is 1. The number of phenols is 2. The van der Waals surface area contributed by atoms with Gasteiger partial charge in [0.1, 0.15) is 17.2 Å². The van der Waals surface area contributed by atoms with E-state index in [-0.39, 0.29) is 17.1 Å². The largest absolute Gasteiger partial charge is 0.508 e. The van der Waals surface area contributed by atoms with E-state index in [1.807, 2.05) is 35.8 Å². The lowest BCUT2D eigenvalue weighted by Crippen LogP contribution is -2.17. The van der Waals surface area contributed by atoms with Crippen molar-refractivity contribution in [1.29, 1.82) is 0 Å². The van der Waals surface area contributed by atoms with Crippen LogP contribution in [-0.4, -0.2) is 33.1 Å². The zero-order valence-corrected chi connectivity index (χ0v) is 13.6. The number of phenolic OH excluding ortho intramolecular Hbond substituents is 2. The van der Waals surface area contributed by atoms with Crippen LogP contribution in [0.1, 0.15) is 27.8 Å². The summed E-state index contributed by atoms with van der Waals surface area (Å²) in [5.74, 6) is -1.67. The van der Waals surface area contributed by atoms with Gasteiger partial charge in [-0.25, -0.2) is 4.79 Å². The molecule has 0 radical (unpaired) electrons. The minimum Gasteiger partial charge on any atom is -0.508 e. The lowest BCUT2D eigenvalue weighted by atomic mass is 10.1. The monoisotopic (exact) mass is 339 g/mol. The van der Waals surface area contributed by atoms with Crippen LogP contribution in [0.3, 0.4) is 0 Å². The second-order valence-corrected chi connectivity index (χ2v) is 5.53. The normalized spacial score (nSPS) is 10.8. The molecule has 0 spiro atoms. The van der Waals surface area contributed by atoms with Gasteiger partial charge in [-0.3, -0.25) is 4.79 Å². The predicted molar refractivity (Wildman–Crippen MR) is 92.0 cm³/mol. The number of carbonyl (C=O) groups excluding carboxylic acids is 2. The molecule has 2 N–H and O–H groups in total. The number of rotatable bonds is 5. The average Bonchev–Trinajstić information content (AvgIpc) is 2.98. The van der Waals surface area contributed by atoms with Crippen LogP contribution in [0, 0.1) is 0 Å². The van der Waals surface area contributed by atoms with Gasteiger partial charge in [-0.05, 0) is 31.2 Å². The molecular formula is C19H17NO5. The van der Waals surface area contributed by atoms with Gasteiger partial charge in [0.2, 0.25) is 5.78 Å². The van der Waals surface area contributed by atoms with Crippen LogP contribution in [-0.2, 0) is 11.3 Å². The Morgan fingerprint density at radius 3 is 2.56 bits per heavy atom. The Bertz CT molecular complexity index is 958. The molecule has 1 heterocycles. The zero-order valence-electron chi connectivity index (χ0n) is 13.6. The van der Waals surface area contributed by atoms with E-state index >= 15 is 0 Å². The molecule has 0 atom stereocenters. The number of Topliss-reactive ketones (excluding diaryl/α,β-unsaturated/α-hetero) is 1. The Balaban J connectivity index is 1.78. The van der Waals surface area contributed by atoms with Crippen molar-refractivity contribution in [1.82, 2.24) is 4.57 Å². The number of benzene rings is 2. The molecule has 0 fully saturated rings. The SMILES string of the molecule is CCn1c(C(=O)OCC(=O)c2ccc(O)cc2O)cc2ccccc21. The second kappa shape index (κ2) is 6.68. The number of hydrogen-bond acceptors (Lipinski definition) is 5. The van der Waals surface area contributed by atoms with Crippen LogP contribution < -0.4 is 0 Å². The molecule has 0 saturated heterocycles. The Morgan fingerprint density at radius 1 is 1.08 bits per heavy atom. The van der Waals surface area contributed by atoms with Crippen LogP contribution in [0.4, 0.5) is 0 Å². The fourth-order valence-electron chi connectivity index (χ4n) is 2.76. The fourth-order valence-corrected chi connectivity index (χ4v) is 2.76. The van der Waals surface area contributed by atoms with Crippen molar-refractivity contribution < 1.29 is 24.5 Å². The van der Waals surface area contributed by atoms with Gasteiger partial charge >= 0.3 is 5.97 Å². The fraction of sp³-hybridized carbons (Fsp3) is 0.158. The van der Waals surface area contributed by atoms with Crippen molar-refractivity contribution >= 4 is 22.7 Å². The van der Waals surface area contributed by atoms with E-state index in [0.29, 0.717) is 12.2 Å². The van der Waals surface area contributed by atoms with E-state index in [1.54, 1.807) is 6.07 Å². The standard InChI is InChI=1S/C19H17NO5/c1-2-20-15-6-4-3-5-12(15)9-16(20)19(24)25-11-18(23)14-8-7-13(21)10-17(14)22/h3-10,21-22H,2,11H2,1H3. The smallest absolute Gasteiger partial charge is 0.355 e. The van der Waals surface area contributed by atoms with Crippen LogP contribution in [0.2, 0.25) is 0 Å². The van der Waals surface area contributed by atoms with Gasteiger partial charge in [0.05, 0.1) is 5.56 Å². The van der Waals surface area contributed by atoms with Crippen LogP contribution >= 0.6 is 0 Å². The number of carbonyl (C=O) groups is 2. The summed E-state index contributed by atoms with van der Waals surface area (Å²) in [6.45, 7) is 2.01. The van der Waals surface area contributed by atoms with E-state index in [9.17, 15) is 19.8 Å². The number of hydrogen-bond donors (Lipinski definition) is 2. The Hall–Kier alpha value is -3.28. The molecule has 6 nitrogen and oxygen atoms in total. The topological polar surface area (TPSA) is 88.8 Å². The maximum atomic E-state index is 12.4. The highest BCUT2D eigenvalue weighted by Crippen LogP contribution is 2.24. The summed E-state index contributed by atoms with van der Waals surface area (Å²) in [7, 11) is 0. The number of aromatic hydroxyl groups is 2. The maximum absolute atomic E-state index is 12.4. The molecule has 0 aliphatic carbocycles. The molecule has 128 valence electrons. The lowest BCUT2D eigenvalue weighted by Gasteiger charge is -2.08. The van der Waals surface area contributed by atoms with E-state index in [4.69, 9.17) is 4.74 Å². The molecule has 3 rings (SSSR count). The third kappa shape index (κ3) is 3.19. The summed E-state index contributed by atoms with van der Waals surface area (Å²) in [4.78, 5) is 24.5. The number of esters is 1. The first-order valence-corrected chi connectivity index (χ1v) is 7.82. The molecule has 25 heavy (non-hydrogen) atoms. The number of ether oxygens (including phenoxy) is 1. The molecular weight excluding hydrogens is 322 g/mol. The summed E-state index contributed by atoms with van der Waals surface area (Å²) >= 11 is 0. The van der Waals surface area contributed by atoms with Crippen LogP contribution in [0.25, 0.3) is 10.9 Å². The highest BCUT2D eigenvalue weighted by molar-refractivity contribution is 6.02. The van der Waals surface area contributed by atoms with Crippen LogP contribution in [0.15, 0.2) is 48.5 Å². The molecule has 0 aliphatic rings. The Kier molecular flexibility index (Phi) is 4.43. The van der Waals surface area contributed by atoms with Gasteiger partial charge in [0.15, 0.2) is 6.61 Å². The van der Waals surface area contributed by atoms with Crippen molar-refractivity contribution in [3.05, 3.63) is 59.8 Å². The Morgan fingerprint density at radius 2 is 1.84 bits per heavy atom. The minimum absolute atomic E-state index is 0.0124. The first kappa shape index (κ1) is 16.6. The number of fused-ring (bicyclic) bond motifs is 1. The second-order valence-electron chi connectivity index (χ2n) is 5.53. The van der Waals surface area contributed by atoms with Crippen molar-refractivity contribution in [2.24, 2.45) is 0 Å². The number of para-hydroxylation sites is 1.